The molecule has 0 atom stereocenters. The predicted molar refractivity (Wildman–Crippen MR) is 101 cm³/mol. The molecule has 3 nitrogen and oxygen atoms in total. The topological polar surface area (TPSA) is 36.3 Å². The van der Waals surface area contributed by atoms with E-state index in [2.05, 4.69) is 30.9 Å². The maximum atomic E-state index is 9.53. The number of nitriles is 1. The molecule has 3 heteroatoms. The van der Waals surface area contributed by atoms with E-state index in [4.69, 9.17) is 4.74 Å². The van der Waals surface area contributed by atoms with Gasteiger partial charge in [0.2, 0.25) is 0 Å². The van der Waals surface area contributed by atoms with Gasteiger partial charge < -0.3 is 9.64 Å². The Labute approximate surface area is 144 Å². The van der Waals surface area contributed by atoms with Crippen LogP contribution in [0.3, 0.4) is 0 Å². The zero-order valence-corrected chi connectivity index (χ0v) is 14.8. The maximum Gasteiger partial charge on any atom is 0.128 e. The summed E-state index contributed by atoms with van der Waals surface area (Å²) >= 11 is 0. The lowest BCUT2D eigenvalue weighted by molar-refractivity contribution is 0.414. The van der Waals surface area contributed by atoms with Crippen LogP contribution >= 0.6 is 0 Å². The van der Waals surface area contributed by atoms with Gasteiger partial charge in [-0.25, -0.2) is 0 Å². The molecule has 2 aromatic carbocycles. The lowest BCUT2D eigenvalue weighted by Gasteiger charge is -2.22. The average Bonchev–Trinajstić information content (AvgIpc) is 2.62. The van der Waals surface area contributed by atoms with Crippen molar-refractivity contribution in [1.82, 2.24) is 0 Å². The smallest absolute Gasteiger partial charge is 0.128 e. The standard InChI is InChI=1S/C21H24N2O/c1-5-23(6-2)20-12-11-18(21(14-20)24-4)13-19(15-22)17-9-7-16(3)8-10-17/h7-14H,5-6H2,1-4H3/b19-13-. The number of hydrogen-bond donors (Lipinski definition) is 0. The third-order valence-electron chi connectivity index (χ3n) is 4.13. The number of allylic oxidation sites excluding steroid dienone is 1. The van der Waals surface area contributed by atoms with Crippen molar-refractivity contribution in [1.29, 1.82) is 5.26 Å². The number of methoxy groups -OCH3 is 1. The number of ether oxygens (including phenoxy) is 1. The Balaban J connectivity index is 2.43. The first kappa shape index (κ1) is 17.6. The summed E-state index contributed by atoms with van der Waals surface area (Å²) in [6.45, 7) is 8.20. The zero-order valence-electron chi connectivity index (χ0n) is 14.8. The molecule has 24 heavy (non-hydrogen) atoms. The summed E-state index contributed by atoms with van der Waals surface area (Å²) in [5.74, 6) is 0.777. The van der Waals surface area contributed by atoms with Gasteiger partial charge in [0.25, 0.3) is 0 Å². The van der Waals surface area contributed by atoms with Crippen molar-refractivity contribution in [2.24, 2.45) is 0 Å². The highest BCUT2D eigenvalue weighted by molar-refractivity contribution is 5.91. The Morgan fingerprint density at radius 1 is 1.12 bits per heavy atom. The van der Waals surface area contributed by atoms with E-state index in [9.17, 15) is 5.26 Å². The monoisotopic (exact) mass is 320 g/mol. The number of aryl methyl sites for hydroxylation is 1. The first-order chi connectivity index (χ1) is 11.6. The summed E-state index contributed by atoms with van der Waals surface area (Å²) in [7, 11) is 1.66. The van der Waals surface area contributed by atoms with Crippen molar-refractivity contribution in [2.75, 3.05) is 25.1 Å². The third-order valence-corrected chi connectivity index (χ3v) is 4.13. The molecule has 0 aliphatic carbocycles. The molecule has 0 aliphatic heterocycles. The summed E-state index contributed by atoms with van der Waals surface area (Å²) in [4.78, 5) is 2.27. The van der Waals surface area contributed by atoms with E-state index in [0.717, 1.165) is 35.7 Å². The molecule has 0 saturated heterocycles. The van der Waals surface area contributed by atoms with E-state index in [1.165, 1.54) is 5.56 Å². The Kier molecular flexibility index (Phi) is 6.03. The second kappa shape index (κ2) is 8.21. The summed E-state index contributed by atoms with van der Waals surface area (Å²) < 4.78 is 5.54. The average molecular weight is 320 g/mol. The molecule has 0 radical (unpaired) electrons. The lowest BCUT2D eigenvalue weighted by Crippen LogP contribution is -2.21. The molecule has 2 aromatic rings. The number of hydrogen-bond acceptors (Lipinski definition) is 3. The van der Waals surface area contributed by atoms with Crippen LogP contribution in [0.2, 0.25) is 0 Å². The van der Waals surface area contributed by atoms with Gasteiger partial charge in [-0.1, -0.05) is 29.8 Å². The summed E-state index contributed by atoms with van der Waals surface area (Å²) in [5, 5.41) is 9.53. The summed E-state index contributed by atoms with van der Waals surface area (Å²) in [6.07, 6.45) is 1.88. The minimum Gasteiger partial charge on any atom is -0.496 e. The fraction of sp³-hybridized carbons (Fsp3) is 0.286. The number of nitrogens with zero attached hydrogens (tertiary/aromatic N) is 2. The molecule has 0 bridgehead atoms. The van der Waals surface area contributed by atoms with Gasteiger partial charge in [0, 0.05) is 30.4 Å². The molecular formula is C21H24N2O. The number of benzene rings is 2. The number of anilines is 1. The molecule has 0 heterocycles. The molecule has 0 spiro atoms. The van der Waals surface area contributed by atoms with Gasteiger partial charge in [-0.3, -0.25) is 0 Å². The van der Waals surface area contributed by atoms with E-state index in [-0.39, 0.29) is 0 Å². The van der Waals surface area contributed by atoms with Crippen LogP contribution in [0.15, 0.2) is 42.5 Å². The molecule has 0 N–H and O–H groups in total. The van der Waals surface area contributed by atoms with Gasteiger partial charge in [-0.15, -0.1) is 0 Å². The minimum absolute atomic E-state index is 0.629. The lowest BCUT2D eigenvalue weighted by atomic mass is 10.0. The Morgan fingerprint density at radius 3 is 2.33 bits per heavy atom. The first-order valence-electron chi connectivity index (χ1n) is 8.24. The van der Waals surface area contributed by atoms with Crippen molar-refractivity contribution in [2.45, 2.75) is 20.8 Å². The molecule has 0 aliphatic rings. The zero-order chi connectivity index (χ0) is 17.5. The van der Waals surface area contributed by atoms with Crippen LogP contribution in [-0.4, -0.2) is 20.2 Å². The fourth-order valence-electron chi connectivity index (χ4n) is 2.67. The van der Waals surface area contributed by atoms with Crippen molar-refractivity contribution in [3.8, 4) is 11.8 Å². The summed E-state index contributed by atoms with van der Waals surface area (Å²) in [6, 6.07) is 16.4. The first-order valence-corrected chi connectivity index (χ1v) is 8.24. The van der Waals surface area contributed by atoms with Crippen LogP contribution in [0, 0.1) is 18.3 Å². The Bertz CT molecular complexity index is 750. The SMILES string of the molecule is CCN(CC)c1ccc(/C=C(/C#N)c2ccc(C)cc2)c(OC)c1. The molecule has 124 valence electrons. The minimum atomic E-state index is 0.629. The van der Waals surface area contributed by atoms with Crippen LogP contribution < -0.4 is 9.64 Å². The van der Waals surface area contributed by atoms with E-state index >= 15 is 0 Å². The maximum absolute atomic E-state index is 9.53. The normalized spacial score (nSPS) is 11.0. The van der Waals surface area contributed by atoms with E-state index in [1.807, 2.05) is 49.4 Å². The molecule has 0 unspecified atom stereocenters. The highest BCUT2D eigenvalue weighted by Crippen LogP contribution is 2.29. The van der Waals surface area contributed by atoms with Crippen molar-refractivity contribution < 1.29 is 4.74 Å². The second-order valence-electron chi connectivity index (χ2n) is 5.63. The van der Waals surface area contributed by atoms with Gasteiger partial charge in [0.1, 0.15) is 5.75 Å². The molecule has 0 amide bonds. The van der Waals surface area contributed by atoms with Gasteiger partial charge in [-0.05, 0) is 44.5 Å². The molecule has 0 saturated carbocycles. The van der Waals surface area contributed by atoms with Crippen LogP contribution in [0.5, 0.6) is 5.75 Å². The van der Waals surface area contributed by atoms with Gasteiger partial charge >= 0.3 is 0 Å². The van der Waals surface area contributed by atoms with Gasteiger partial charge in [0.05, 0.1) is 18.8 Å². The van der Waals surface area contributed by atoms with E-state index < -0.39 is 0 Å². The van der Waals surface area contributed by atoms with Crippen LogP contribution in [0.4, 0.5) is 5.69 Å². The largest absolute Gasteiger partial charge is 0.496 e. The van der Waals surface area contributed by atoms with Crippen molar-refractivity contribution in [3.05, 3.63) is 59.2 Å². The highest BCUT2D eigenvalue weighted by atomic mass is 16.5. The van der Waals surface area contributed by atoms with Crippen molar-refractivity contribution in [3.63, 3.8) is 0 Å². The second-order valence-corrected chi connectivity index (χ2v) is 5.63. The van der Waals surface area contributed by atoms with Crippen LogP contribution in [-0.2, 0) is 0 Å². The number of rotatable bonds is 6. The molecular weight excluding hydrogens is 296 g/mol. The third kappa shape index (κ3) is 3.97. The van der Waals surface area contributed by atoms with Gasteiger partial charge in [-0.2, -0.15) is 5.26 Å². The molecule has 2 rings (SSSR count). The van der Waals surface area contributed by atoms with Crippen LogP contribution in [0.25, 0.3) is 11.6 Å². The molecule has 0 fully saturated rings. The fourth-order valence-corrected chi connectivity index (χ4v) is 2.67. The van der Waals surface area contributed by atoms with E-state index in [0.29, 0.717) is 5.57 Å². The van der Waals surface area contributed by atoms with E-state index in [1.54, 1.807) is 7.11 Å². The predicted octanol–water partition coefficient (Wildman–Crippen LogP) is 4.91. The Hall–Kier alpha value is -2.73. The van der Waals surface area contributed by atoms with Crippen LogP contribution in [0.1, 0.15) is 30.5 Å². The molecule has 0 aromatic heterocycles. The highest BCUT2D eigenvalue weighted by Gasteiger charge is 2.09. The summed E-state index contributed by atoms with van der Waals surface area (Å²) in [5.41, 5.74) is 4.76. The van der Waals surface area contributed by atoms with Gasteiger partial charge in [0.15, 0.2) is 0 Å². The Morgan fingerprint density at radius 2 is 1.79 bits per heavy atom. The quantitative estimate of drug-likeness (QED) is 0.560. The van der Waals surface area contributed by atoms with Crippen molar-refractivity contribution >= 4 is 17.3 Å².